The lowest BCUT2D eigenvalue weighted by atomic mass is 9.76. The number of halogens is 3. The molecule has 1 rings (SSSR count). The molecule has 0 bridgehead atoms. The van der Waals surface area contributed by atoms with Gasteiger partial charge in [0.2, 0.25) is 5.91 Å². The Labute approximate surface area is 153 Å². The molecule has 0 saturated heterocycles. The van der Waals surface area contributed by atoms with Crippen LogP contribution in [-0.2, 0) is 9.53 Å². The summed E-state index contributed by atoms with van der Waals surface area (Å²) in [6.07, 6.45) is -3.96. The fourth-order valence-corrected chi connectivity index (χ4v) is 2.75. The maximum atomic E-state index is 13.4. The van der Waals surface area contributed by atoms with E-state index in [9.17, 15) is 18.0 Å². The van der Waals surface area contributed by atoms with Crippen LogP contribution in [0.3, 0.4) is 0 Å². The van der Waals surface area contributed by atoms with Crippen molar-refractivity contribution in [3.05, 3.63) is 29.8 Å². The molecular formula is C19H28F3NO3. The molecule has 0 aromatic heterocycles. The van der Waals surface area contributed by atoms with E-state index in [-0.39, 0.29) is 11.5 Å². The summed E-state index contributed by atoms with van der Waals surface area (Å²) < 4.78 is 51.2. The Hall–Kier alpha value is -1.76. The minimum Gasteiger partial charge on any atom is -0.465 e. The molecule has 1 aromatic carbocycles. The van der Waals surface area contributed by atoms with Gasteiger partial charge in [0, 0.05) is 13.5 Å². The minimum atomic E-state index is -4.32. The number of hydrogen-bond donors (Lipinski definition) is 1. The zero-order valence-electron chi connectivity index (χ0n) is 15.9. The molecule has 26 heavy (non-hydrogen) atoms. The van der Waals surface area contributed by atoms with Gasteiger partial charge >= 0.3 is 6.18 Å². The topological polar surface area (TPSA) is 47.6 Å². The van der Waals surface area contributed by atoms with Crippen LogP contribution in [0.1, 0.15) is 52.0 Å². The van der Waals surface area contributed by atoms with E-state index in [1.165, 1.54) is 24.3 Å². The Morgan fingerprint density at radius 3 is 2.19 bits per heavy atom. The van der Waals surface area contributed by atoms with Crippen molar-refractivity contribution in [2.24, 2.45) is 5.41 Å². The van der Waals surface area contributed by atoms with Gasteiger partial charge in [-0.15, -0.1) is 0 Å². The first-order valence-electron chi connectivity index (χ1n) is 8.60. The lowest BCUT2D eigenvalue weighted by Gasteiger charge is -2.33. The van der Waals surface area contributed by atoms with Crippen LogP contribution in [0.4, 0.5) is 13.2 Å². The average Bonchev–Trinajstić information content (AvgIpc) is 2.50. The quantitative estimate of drug-likeness (QED) is 0.532. The SMILES string of the molecule is CNC(=O)CCCOC(C)Oc1ccc(C(C(C)(C)C)C(F)(F)F)cc1. The summed E-state index contributed by atoms with van der Waals surface area (Å²) in [7, 11) is 1.57. The highest BCUT2D eigenvalue weighted by Crippen LogP contribution is 2.46. The molecule has 0 aliphatic rings. The van der Waals surface area contributed by atoms with Gasteiger partial charge in [-0.05, 0) is 36.5 Å². The maximum absolute atomic E-state index is 13.4. The second-order valence-electron chi connectivity index (χ2n) is 7.24. The third-order valence-corrected chi connectivity index (χ3v) is 3.89. The molecule has 2 unspecified atom stereocenters. The highest BCUT2D eigenvalue weighted by atomic mass is 19.4. The van der Waals surface area contributed by atoms with Crippen LogP contribution in [0.25, 0.3) is 0 Å². The first kappa shape index (κ1) is 22.3. The Kier molecular flexibility index (Phi) is 7.93. The summed E-state index contributed by atoms with van der Waals surface area (Å²) in [6, 6.07) is 5.92. The van der Waals surface area contributed by atoms with Crippen LogP contribution in [0, 0.1) is 5.41 Å². The standard InChI is InChI=1S/C19H28F3NO3/c1-13(25-12-6-7-16(24)23-5)26-15-10-8-14(9-11-15)17(18(2,3)4)19(20,21)22/h8-11,13,17H,6-7,12H2,1-5H3,(H,23,24). The largest absolute Gasteiger partial charge is 0.465 e. The summed E-state index contributed by atoms with van der Waals surface area (Å²) >= 11 is 0. The van der Waals surface area contributed by atoms with E-state index in [0.29, 0.717) is 25.2 Å². The number of carbonyl (C=O) groups is 1. The first-order chi connectivity index (χ1) is 11.9. The summed E-state index contributed by atoms with van der Waals surface area (Å²) in [4.78, 5) is 11.1. The third-order valence-electron chi connectivity index (χ3n) is 3.89. The molecule has 1 aromatic rings. The van der Waals surface area contributed by atoms with Crippen LogP contribution in [0.2, 0.25) is 0 Å². The fourth-order valence-electron chi connectivity index (χ4n) is 2.75. The van der Waals surface area contributed by atoms with Crippen molar-refractivity contribution in [2.45, 2.75) is 58.9 Å². The van der Waals surface area contributed by atoms with Crippen molar-refractivity contribution in [1.29, 1.82) is 0 Å². The van der Waals surface area contributed by atoms with Crippen molar-refractivity contribution in [2.75, 3.05) is 13.7 Å². The van der Waals surface area contributed by atoms with E-state index in [1.807, 2.05) is 0 Å². The van der Waals surface area contributed by atoms with Crippen molar-refractivity contribution in [3.8, 4) is 5.75 Å². The van der Waals surface area contributed by atoms with Gasteiger partial charge in [-0.25, -0.2) is 0 Å². The van der Waals surface area contributed by atoms with Gasteiger partial charge < -0.3 is 14.8 Å². The molecule has 0 heterocycles. The summed E-state index contributed by atoms with van der Waals surface area (Å²) in [6.45, 7) is 6.77. The van der Waals surface area contributed by atoms with Crippen molar-refractivity contribution in [1.82, 2.24) is 5.32 Å². The Bertz CT molecular complexity index is 551. The molecule has 0 aliphatic carbocycles. The molecule has 0 aliphatic heterocycles. The van der Waals surface area contributed by atoms with Crippen molar-refractivity contribution < 1.29 is 27.4 Å². The predicted octanol–water partition coefficient (Wildman–Crippen LogP) is 4.65. The van der Waals surface area contributed by atoms with E-state index in [4.69, 9.17) is 9.47 Å². The predicted molar refractivity (Wildman–Crippen MR) is 94.0 cm³/mol. The smallest absolute Gasteiger partial charge is 0.396 e. The summed E-state index contributed by atoms with van der Waals surface area (Å²) in [5.41, 5.74) is -0.738. The fraction of sp³-hybridized carbons (Fsp3) is 0.632. The van der Waals surface area contributed by atoms with Gasteiger partial charge in [0.25, 0.3) is 0 Å². The van der Waals surface area contributed by atoms with Crippen LogP contribution in [0.15, 0.2) is 24.3 Å². The lowest BCUT2D eigenvalue weighted by Crippen LogP contribution is -2.32. The van der Waals surface area contributed by atoms with E-state index in [2.05, 4.69) is 5.32 Å². The molecule has 1 N–H and O–H groups in total. The van der Waals surface area contributed by atoms with E-state index in [0.717, 1.165) is 0 Å². The zero-order valence-corrected chi connectivity index (χ0v) is 15.9. The number of rotatable bonds is 8. The van der Waals surface area contributed by atoms with E-state index in [1.54, 1.807) is 34.7 Å². The Morgan fingerprint density at radius 2 is 1.73 bits per heavy atom. The first-order valence-corrected chi connectivity index (χ1v) is 8.60. The molecule has 0 spiro atoms. The number of amides is 1. The number of alkyl halides is 3. The molecule has 2 atom stereocenters. The number of hydrogen-bond acceptors (Lipinski definition) is 3. The van der Waals surface area contributed by atoms with Gasteiger partial charge in [-0.2, -0.15) is 13.2 Å². The highest BCUT2D eigenvalue weighted by Gasteiger charge is 2.47. The molecule has 0 fully saturated rings. The van der Waals surface area contributed by atoms with Crippen LogP contribution >= 0.6 is 0 Å². The molecular weight excluding hydrogens is 347 g/mol. The molecule has 4 nitrogen and oxygen atoms in total. The zero-order chi connectivity index (χ0) is 20.0. The summed E-state index contributed by atoms with van der Waals surface area (Å²) in [5.74, 6) is -1.18. The molecule has 7 heteroatoms. The normalized spacial score (nSPS) is 14.6. The van der Waals surface area contributed by atoms with Gasteiger partial charge in [0.1, 0.15) is 5.75 Å². The number of nitrogens with one attached hydrogen (secondary N) is 1. The molecule has 148 valence electrons. The maximum Gasteiger partial charge on any atom is 0.396 e. The monoisotopic (exact) mass is 375 g/mol. The van der Waals surface area contributed by atoms with E-state index < -0.39 is 23.8 Å². The number of ether oxygens (including phenoxy) is 2. The van der Waals surface area contributed by atoms with Gasteiger partial charge in [-0.1, -0.05) is 32.9 Å². The highest BCUT2D eigenvalue weighted by molar-refractivity contribution is 5.75. The number of benzene rings is 1. The van der Waals surface area contributed by atoms with Crippen molar-refractivity contribution >= 4 is 5.91 Å². The van der Waals surface area contributed by atoms with Gasteiger partial charge in [0.15, 0.2) is 6.29 Å². The summed E-state index contributed by atoms with van der Waals surface area (Å²) in [5, 5.41) is 2.52. The van der Waals surface area contributed by atoms with Crippen molar-refractivity contribution in [3.63, 3.8) is 0 Å². The second-order valence-corrected chi connectivity index (χ2v) is 7.24. The Morgan fingerprint density at radius 1 is 1.15 bits per heavy atom. The third kappa shape index (κ3) is 7.23. The Balaban J connectivity index is 2.62. The average molecular weight is 375 g/mol. The van der Waals surface area contributed by atoms with Gasteiger partial charge in [0.05, 0.1) is 12.5 Å². The molecule has 0 radical (unpaired) electrons. The minimum absolute atomic E-state index is 0.0594. The molecule has 0 saturated carbocycles. The second kappa shape index (κ2) is 9.26. The molecule has 1 amide bonds. The number of carbonyl (C=O) groups excluding carboxylic acids is 1. The van der Waals surface area contributed by atoms with E-state index >= 15 is 0 Å². The van der Waals surface area contributed by atoms with Gasteiger partial charge in [-0.3, -0.25) is 4.79 Å². The van der Waals surface area contributed by atoms with Crippen LogP contribution in [0.5, 0.6) is 5.75 Å². The van der Waals surface area contributed by atoms with Crippen LogP contribution < -0.4 is 10.1 Å². The van der Waals surface area contributed by atoms with Crippen LogP contribution in [-0.4, -0.2) is 32.0 Å². The lowest BCUT2D eigenvalue weighted by molar-refractivity contribution is -0.171.